The van der Waals surface area contributed by atoms with Crippen LogP contribution in [0.4, 0.5) is 8.78 Å². The first kappa shape index (κ1) is 12.3. The number of carbonyl (C=O) groups is 1. The van der Waals surface area contributed by atoms with Gasteiger partial charge in [-0.2, -0.15) is 5.26 Å². The molecule has 0 heterocycles. The van der Waals surface area contributed by atoms with Crippen LogP contribution in [0.15, 0.2) is 24.3 Å². The van der Waals surface area contributed by atoms with Gasteiger partial charge in [0.25, 0.3) is 6.43 Å². The number of nitrogens with zero attached hydrogens (tertiary/aromatic N) is 1. The maximum absolute atomic E-state index is 12.4. The fourth-order valence-electron chi connectivity index (χ4n) is 1.34. The lowest BCUT2D eigenvalue weighted by molar-refractivity contribution is 0.0931. The average Bonchev–Trinajstić information content (AvgIpc) is 2.28. The molecule has 0 saturated carbocycles. The van der Waals surface area contributed by atoms with Gasteiger partial charge in [0.05, 0.1) is 6.07 Å². The first-order valence-electron chi connectivity index (χ1n) is 4.85. The van der Waals surface area contributed by atoms with E-state index in [4.69, 9.17) is 5.26 Å². The molecule has 84 valence electrons. The van der Waals surface area contributed by atoms with Crippen molar-refractivity contribution in [1.82, 2.24) is 0 Å². The normalized spacial score (nSPS) is 12.2. The minimum atomic E-state index is -2.58. The van der Waals surface area contributed by atoms with E-state index in [1.54, 1.807) is 6.92 Å². The molecule has 0 bridgehead atoms. The number of halogens is 2. The van der Waals surface area contributed by atoms with Crippen LogP contribution >= 0.6 is 0 Å². The molecular formula is C12H11F2NO. The number of rotatable bonds is 4. The van der Waals surface area contributed by atoms with E-state index >= 15 is 0 Å². The molecule has 1 rings (SSSR count). The summed E-state index contributed by atoms with van der Waals surface area (Å²) in [7, 11) is 0. The Bertz CT molecular complexity index is 423. The van der Waals surface area contributed by atoms with Crippen LogP contribution in [-0.4, -0.2) is 5.78 Å². The second kappa shape index (κ2) is 5.36. The van der Waals surface area contributed by atoms with Crippen LogP contribution in [0.2, 0.25) is 0 Å². The highest BCUT2D eigenvalue weighted by Gasteiger charge is 2.16. The van der Waals surface area contributed by atoms with Crippen LogP contribution in [0.5, 0.6) is 0 Å². The third-order valence-electron chi connectivity index (χ3n) is 2.27. The molecule has 0 spiro atoms. The molecule has 0 fully saturated rings. The lowest BCUT2D eigenvalue weighted by Gasteiger charge is -2.07. The van der Waals surface area contributed by atoms with Gasteiger partial charge in [-0.15, -0.1) is 0 Å². The van der Waals surface area contributed by atoms with Gasteiger partial charge < -0.3 is 0 Å². The van der Waals surface area contributed by atoms with Crippen LogP contribution in [0, 0.1) is 17.2 Å². The van der Waals surface area contributed by atoms with Crippen LogP contribution in [0.25, 0.3) is 0 Å². The van der Waals surface area contributed by atoms with Gasteiger partial charge >= 0.3 is 0 Å². The van der Waals surface area contributed by atoms with E-state index in [0.29, 0.717) is 0 Å². The number of ketones is 1. The van der Waals surface area contributed by atoms with Crippen molar-refractivity contribution in [2.75, 3.05) is 0 Å². The Labute approximate surface area is 92.5 Å². The summed E-state index contributed by atoms with van der Waals surface area (Å²) in [6, 6.07) is 7.25. The number of carbonyl (C=O) groups excluding carboxylic acids is 1. The maximum Gasteiger partial charge on any atom is 0.263 e. The van der Waals surface area contributed by atoms with Crippen molar-refractivity contribution in [3.63, 3.8) is 0 Å². The van der Waals surface area contributed by atoms with Gasteiger partial charge in [-0.25, -0.2) is 8.78 Å². The summed E-state index contributed by atoms with van der Waals surface area (Å²) in [6.07, 6.45) is -2.49. The number of benzene rings is 1. The molecule has 0 saturated heterocycles. The quantitative estimate of drug-likeness (QED) is 0.734. The zero-order valence-electron chi connectivity index (χ0n) is 8.78. The first-order valence-corrected chi connectivity index (χ1v) is 4.85. The van der Waals surface area contributed by atoms with Gasteiger partial charge in [-0.3, -0.25) is 4.79 Å². The Morgan fingerprint density at radius 3 is 2.75 bits per heavy atom. The number of hydrogen-bond donors (Lipinski definition) is 0. The van der Waals surface area contributed by atoms with E-state index in [-0.39, 0.29) is 23.3 Å². The van der Waals surface area contributed by atoms with E-state index in [9.17, 15) is 13.6 Å². The Balaban J connectivity index is 2.92. The highest BCUT2D eigenvalue weighted by atomic mass is 19.3. The summed E-state index contributed by atoms with van der Waals surface area (Å²) < 4.78 is 24.8. The van der Waals surface area contributed by atoms with Crippen LogP contribution in [-0.2, 0) is 0 Å². The molecule has 1 atom stereocenters. The van der Waals surface area contributed by atoms with E-state index in [1.165, 1.54) is 24.3 Å². The topological polar surface area (TPSA) is 40.9 Å². The van der Waals surface area contributed by atoms with Crippen molar-refractivity contribution < 1.29 is 13.6 Å². The molecule has 1 unspecified atom stereocenters. The second-order valence-corrected chi connectivity index (χ2v) is 3.55. The fourth-order valence-corrected chi connectivity index (χ4v) is 1.34. The van der Waals surface area contributed by atoms with Crippen molar-refractivity contribution in [2.24, 2.45) is 5.92 Å². The standard InChI is InChI=1S/C12H11F2NO/c1-8(5-6-15)11(16)9-3-2-4-10(7-9)12(13)14/h2-4,7-8,12H,5H2,1H3. The summed E-state index contributed by atoms with van der Waals surface area (Å²) in [5.41, 5.74) is 0.0653. The SMILES string of the molecule is CC(CC#N)C(=O)c1cccc(C(F)F)c1. The minimum absolute atomic E-state index is 0.0950. The third-order valence-corrected chi connectivity index (χ3v) is 2.27. The largest absolute Gasteiger partial charge is 0.294 e. The fraction of sp³-hybridized carbons (Fsp3) is 0.333. The van der Waals surface area contributed by atoms with E-state index in [2.05, 4.69) is 0 Å². The summed E-state index contributed by atoms with van der Waals surface area (Å²) in [5, 5.41) is 8.45. The molecule has 1 aromatic carbocycles. The minimum Gasteiger partial charge on any atom is -0.294 e. The predicted molar refractivity (Wildman–Crippen MR) is 55.1 cm³/mol. The number of Topliss-reactive ketones (excluding diaryl/α,β-unsaturated/α-hetero) is 1. The Hall–Kier alpha value is -1.76. The summed E-state index contributed by atoms with van der Waals surface area (Å²) in [4.78, 5) is 11.7. The van der Waals surface area contributed by atoms with Crippen molar-refractivity contribution in [3.05, 3.63) is 35.4 Å². The molecule has 1 aromatic rings. The summed E-state index contributed by atoms with van der Waals surface area (Å²) in [5.74, 6) is -0.734. The molecule has 4 heteroatoms. The lowest BCUT2D eigenvalue weighted by Crippen LogP contribution is -2.10. The molecule has 0 aliphatic heterocycles. The number of nitriles is 1. The molecule has 0 radical (unpaired) electrons. The first-order chi connectivity index (χ1) is 7.56. The smallest absolute Gasteiger partial charge is 0.263 e. The Morgan fingerprint density at radius 1 is 1.50 bits per heavy atom. The van der Waals surface area contributed by atoms with E-state index < -0.39 is 12.3 Å². The molecular weight excluding hydrogens is 212 g/mol. The van der Waals surface area contributed by atoms with Crippen LogP contribution in [0.1, 0.15) is 35.7 Å². The lowest BCUT2D eigenvalue weighted by atomic mass is 9.96. The molecule has 0 N–H and O–H groups in total. The molecule has 2 nitrogen and oxygen atoms in total. The van der Waals surface area contributed by atoms with Crippen molar-refractivity contribution in [3.8, 4) is 6.07 Å². The van der Waals surface area contributed by atoms with Gasteiger partial charge in [0.15, 0.2) is 5.78 Å². The van der Waals surface area contributed by atoms with Gasteiger partial charge in [0.2, 0.25) is 0 Å². The summed E-state index contributed by atoms with van der Waals surface area (Å²) in [6.45, 7) is 1.61. The zero-order valence-corrected chi connectivity index (χ0v) is 8.78. The number of alkyl halides is 2. The van der Waals surface area contributed by atoms with Gasteiger partial charge in [-0.05, 0) is 6.07 Å². The Morgan fingerprint density at radius 2 is 2.19 bits per heavy atom. The van der Waals surface area contributed by atoms with Crippen LogP contribution < -0.4 is 0 Å². The maximum atomic E-state index is 12.4. The number of hydrogen-bond acceptors (Lipinski definition) is 2. The molecule has 16 heavy (non-hydrogen) atoms. The summed E-state index contributed by atoms with van der Waals surface area (Å²) >= 11 is 0. The van der Waals surface area contributed by atoms with Crippen LogP contribution in [0.3, 0.4) is 0 Å². The van der Waals surface area contributed by atoms with Gasteiger partial charge in [0.1, 0.15) is 0 Å². The monoisotopic (exact) mass is 223 g/mol. The molecule has 0 aliphatic carbocycles. The second-order valence-electron chi connectivity index (χ2n) is 3.55. The van der Waals surface area contributed by atoms with Gasteiger partial charge in [0, 0.05) is 23.5 Å². The molecule has 0 aromatic heterocycles. The molecule has 0 aliphatic rings. The zero-order chi connectivity index (χ0) is 12.1. The Kier molecular flexibility index (Phi) is 4.12. The van der Waals surface area contributed by atoms with E-state index in [1.807, 2.05) is 6.07 Å². The highest BCUT2D eigenvalue weighted by molar-refractivity contribution is 5.97. The van der Waals surface area contributed by atoms with Crippen molar-refractivity contribution in [2.45, 2.75) is 19.8 Å². The van der Waals surface area contributed by atoms with Crippen molar-refractivity contribution in [1.29, 1.82) is 5.26 Å². The highest BCUT2D eigenvalue weighted by Crippen LogP contribution is 2.21. The average molecular weight is 223 g/mol. The van der Waals surface area contributed by atoms with E-state index in [0.717, 1.165) is 0 Å². The molecule has 0 amide bonds. The van der Waals surface area contributed by atoms with Gasteiger partial charge in [-0.1, -0.05) is 25.1 Å². The predicted octanol–water partition coefficient (Wildman–Crippen LogP) is 3.36. The third kappa shape index (κ3) is 2.86. The van der Waals surface area contributed by atoms with Crippen molar-refractivity contribution >= 4 is 5.78 Å².